The lowest BCUT2D eigenvalue weighted by atomic mass is 10.1. The maximum Gasteiger partial charge on any atom is 0.337 e. The molecule has 0 aliphatic rings. The fraction of sp³-hybridized carbons (Fsp3) is 0.176. The quantitative estimate of drug-likeness (QED) is 0.818. The van der Waals surface area contributed by atoms with E-state index in [0.29, 0.717) is 15.8 Å². The lowest BCUT2D eigenvalue weighted by Crippen LogP contribution is -2.15. The van der Waals surface area contributed by atoms with E-state index in [0.717, 1.165) is 0 Å². The fourth-order valence-electron chi connectivity index (χ4n) is 1.98. The van der Waals surface area contributed by atoms with Crippen molar-refractivity contribution in [3.8, 4) is 5.75 Å². The van der Waals surface area contributed by atoms with Crippen LogP contribution in [0.25, 0.3) is 0 Å². The summed E-state index contributed by atoms with van der Waals surface area (Å²) >= 11 is 3.22. The predicted octanol–water partition coefficient (Wildman–Crippen LogP) is 4.19. The van der Waals surface area contributed by atoms with E-state index in [-0.39, 0.29) is 17.4 Å². The molecule has 0 heterocycles. The van der Waals surface area contributed by atoms with Crippen molar-refractivity contribution in [1.82, 2.24) is 0 Å². The highest BCUT2D eigenvalue weighted by Gasteiger charge is 2.14. The molecule has 2 aromatic rings. The lowest BCUT2D eigenvalue weighted by Gasteiger charge is -2.12. The molecule has 2 aromatic carbocycles. The third-order valence-electron chi connectivity index (χ3n) is 2.93. The van der Waals surface area contributed by atoms with E-state index in [2.05, 4.69) is 21.2 Å². The van der Waals surface area contributed by atoms with Gasteiger partial charge in [0.1, 0.15) is 5.75 Å². The molecule has 0 atom stereocenters. The zero-order chi connectivity index (χ0) is 17.0. The molecule has 120 valence electrons. The van der Waals surface area contributed by atoms with Crippen LogP contribution >= 0.6 is 15.9 Å². The maximum atomic E-state index is 12.3. The molecule has 0 spiro atoms. The number of anilines is 1. The molecule has 0 saturated carbocycles. The Morgan fingerprint density at radius 2 is 1.91 bits per heavy atom. The number of halogens is 1. The molecule has 2 N–H and O–H groups in total. The first-order chi connectivity index (χ1) is 10.9. The second-order valence-corrected chi connectivity index (χ2v) is 6.06. The number of ether oxygens (including phenoxy) is 1. The van der Waals surface area contributed by atoms with E-state index in [4.69, 9.17) is 4.74 Å². The molecule has 23 heavy (non-hydrogen) atoms. The first kappa shape index (κ1) is 17.0. The Labute approximate surface area is 142 Å². The van der Waals surface area contributed by atoms with Gasteiger partial charge in [-0.2, -0.15) is 0 Å². The number of nitrogens with one attached hydrogen (secondary N) is 1. The van der Waals surface area contributed by atoms with Crippen molar-refractivity contribution in [2.75, 3.05) is 5.32 Å². The van der Waals surface area contributed by atoms with Gasteiger partial charge in [-0.15, -0.1) is 0 Å². The number of aromatic carboxylic acids is 1. The largest absolute Gasteiger partial charge is 0.491 e. The third-order valence-corrected chi connectivity index (χ3v) is 3.42. The molecule has 0 fully saturated rings. The zero-order valence-corrected chi connectivity index (χ0v) is 14.3. The van der Waals surface area contributed by atoms with Crippen LogP contribution in [0.15, 0.2) is 46.9 Å². The van der Waals surface area contributed by atoms with Gasteiger partial charge in [0.15, 0.2) is 0 Å². The number of hydrogen-bond acceptors (Lipinski definition) is 3. The second-order valence-electron chi connectivity index (χ2n) is 5.14. The molecule has 0 bridgehead atoms. The van der Waals surface area contributed by atoms with Crippen LogP contribution in [0.1, 0.15) is 34.6 Å². The summed E-state index contributed by atoms with van der Waals surface area (Å²) in [6.45, 7) is 3.79. The molecule has 0 radical (unpaired) electrons. The number of amides is 1. The minimum Gasteiger partial charge on any atom is -0.491 e. The van der Waals surface area contributed by atoms with Gasteiger partial charge in [0.2, 0.25) is 0 Å². The second kappa shape index (κ2) is 7.28. The van der Waals surface area contributed by atoms with Gasteiger partial charge in [-0.1, -0.05) is 22.0 Å². The summed E-state index contributed by atoms with van der Waals surface area (Å²) in [7, 11) is 0. The third kappa shape index (κ3) is 4.56. The standard InChI is InChI=1S/C17H16BrNO4/c1-10(2)23-13-5-3-4-11(8-13)16(20)19-15-7-6-12(18)9-14(15)17(21)22/h3-10H,1-2H3,(H,19,20)(H,21,22). The number of carbonyl (C=O) groups is 2. The van der Waals surface area contributed by atoms with Crippen molar-refractivity contribution in [3.05, 3.63) is 58.1 Å². The Hall–Kier alpha value is -2.34. The maximum absolute atomic E-state index is 12.3. The monoisotopic (exact) mass is 377 g/mol. The van der Waals surface area contributed by atoms with E-state index >= 15 is 0 Å². The predicted molar refractivity (Wildman–Crippen MR) is 91.3 cm³/mol. The van der Waals surface area contributed by atoms with Gasteiger partial charge in [0.25, 0.3) is 5.91 Å². The SMILES string of the molecule is CC(C)Oc1cccc(C(=O)Nc2ccc(Br)cc2C(=O)O)c1. The van der Waals surface area contributed by atoms with Crippen molar-refractivity contribution in [2.45, 2.75) is 20.0 Å². The average molecular weight is 378 g/mol. The fourth-order valence-corrected chi connectivity index (χ4v) is 2.34. The molecule has 0 aliphatic carbocycles. The number of benzene rings is 2. The van der Waals surface area contributed by atoms with Crippen LogP contribution in [0.2, 0.25) is 0 Å². The van der Waals surface area contributed by atoms with Gasteiger partial charge < -0.3 is 15.2 Å². The molecule has 1 amide bonds. The number of rotatable bonds is 5. The number of carboxylic acid groups (broad SMARTS) is 1. The van der Waals surface area contributed by atoms with Crippen molar-refractivity contribution in [2.24, 2.45) is 0 Å². The highest BCUT2D eigenvalue weighted by Crippen LogP contribution is 2.22. The minimum absolute atomic E-state index is 0.00148. The smallest absolute Gasteiger partial charge is 0.337 e. The van der Waals surface area contributed by atoms with Gasteiger partial charge >= 0.3 is 5.97 Å². The lowest BCUT2D eigenvalue weighted by molar-refractivity contribution is 0.0698. The summed E-state index contributed by atoms with van der Waals surface area (Å²) in [4.78, 5) is 23.6. The average Bonchev–Trinajstić information content (AvgIpc) is 2.48. The first-order valence-electron chi connectivity index (χ1n) is 6.97. The summed E-state index contributed by atoms with van der Waals surface area (Å²) in [5.74, 6) is -0.926. The van der Waals surface area contributed by atoms with Crippen LogP contribution in [0.4, 0.5) is 5.69 Å². The van der Waals surface area contributed by atoms with Gasteiger partial charge in [-0.25, -0.2) is 4.79 Å². The van der Waals surface area contributed by atoms with Crippen LogP contribution in [-0.2, 0) is 0 Å². The van der Waals surface area contributed by atoms with Crippen LogP contribution in [0, 0.1) is 0 Å². The molecule has 0 aromatic heterocycles. The Bertz CT molecular complexity index is 743. The summed E-state index contributed by atoms with van der Waals surface area (Å²) in [5, 5.41) is 11.8. The van der Waals surface area contributed by atoms with Crippen molar-refractivity contribution in [1.29, 1.82) is 0 Å². The Kier molecular flexibility index (Phi) is 5.39. The van der Waals surface area contributed by atoms with E-state index in [1.54, 1.807) is 36.4 Å². The van der Waals surface area contributed by atoms with E-state index < -0.39 is 11.9 Å². The van der Waals surface area contributed by atoms with Gasteiger partial charge in [-0.3, -0.25) is 4.79 Å². The highest BCUT2D eigenvalue weighted by molar-refractivity contribution is 9.10. The summed E-state index contributed by atoms with van der Waals surface area (Å²) < 4.78 is 6.18. The number of carbonyl (C=O) groups excluding carboxylic acids is 1. The van der Waals surface area contributed by atoms with Crippen LogP contribution < -0.4 is 10.1 Å². The van der Waals surface area contributed by atoms with Crippen LogP contribution in [0.3, 0.4) is 0 Å². The van der Waals surface area contributed by atoms with Crippen LogP contribution in [-0.4, -0.2) is 23.1 Å². The molecular formula is C17H16BrNO4. The molecule has 5 nitrogen and oxygen atoms in total. The Morgan fingerprint density at radius 3 is 2.57 bits per heavy atom. The molecule has 0 unspecified atom stereocenters. The van der Waals surface area contributed by atoms with Gasteiger partial charge in [0.05, 0.1) is 17.4 Å². The molecule has 2 rings (SSSR count). The van der Waals surface area contributed by atoms with Crippen molar-refractivity contribution in [3.63, 3.8) is 0 Å². The Balaban J connectivity index is 2.24. The Morgan fingerprint density at radius 1 is 1.17 bits per heavy atom. The zero-order valence-electron chi connectivity index (χ0n) is 12.7. The van der Waals surface area contributed by atoms with Crippen molar-refractivity contribution < 1.29 is 19.4 Å². The van der Waals surface area contributed by atoms with Gasteiger partial charge in [0, 0.05) is 10.0 Å². The first-order valence-corrected chi connectivity index (χ1v) is 7.77. The molecule has 0 aliphatic heterocycles. The van der Waals surface area contributed by atoms with E-state index in [1.165, 1.54) is 6.07 Å². The highest BCUT2D eigenvalue weighted by atomic mass is 79.9. The summed E-state index contributed by atoms with van der Waals surface area (Å²) in [5.41, 5.74) is 0.644. The van der Waals surface area contributed by atoms with Gasteiger partial charge in [-0.05, 0) is 50.2 Å². The molecule has 0 saturated heterocycles. The van der Waals surface area contributed by atoms with E-state index in [1.807, 2.05) is 13.8 Å². The number of carboxylic acids is 1. The number of hydrogen-bond donors (Lipinski definition) is 2. The van der Waals surface area contributed by atoms with Crippen molar-refractivity contribution >= 4 is 33.5 Å². The normalized spacial score (nSPS) is 10.4. The van der Waals surface area contributed by atoms with E-state index in [9.17, 15) is 14.7 Å². The minimum atomic E-state index is -1.11. The molecule has 6 heteroatoms. The summed E-state index contributed by atoms with van der Waals surface area (Å²) in [6, 6.07) is 11.4. The summed E-state index contributed by atoms with van der Waals surface area (Å²) in [6.07, 6.45) is -0.00148. The molecular weight excluding hydrogens is 362 g/mol. The topological polar surface area (TPSA) is 75.6 Å². The van der Waals surface area contributed by atoms with Crippen LogP contribution in [0.5, 0.6) is 5.75 Å².